The lowest BCUT2D eigenvalue weighted by atomic mass is 10.0. The topological polar surface area (TPSA) is 142 Å². The molecule has 0 radical (unpaired) electrons. The Labute approximate surface area is 263 Å². The van der Waals surface area contributed by atoms with E-state index in [0.29, 0.717) is 46.7 Å². The van der Waals surface area contributed by atoms with E-state index in [1.165, 1.54) is 4.90 Å². The van der Waals surface area contributed by atoms with Crippen molar-refractivity contribution in [3.63, 3.8) is 0 Å². The largest absolute Gasteiger partial charge is 0.494 e. The van der Waals surface area contributed by atoms with Gasteiger partial charge >= 0.3 is 0 Å². The van der Waals surface area contributed by atoms with Gasteiger partial charge in [0.15, 0.2) is 24.0 Å². The number of benzene rings is 1. The Kier molecular flexibility index (Phi) is 6.67. The molecule has 0 unspecified atom stereocenters. The number of anilines is 1. The number of rotatable bonds is 6. The number of pyridine rings is 2. The van der Waals surface area contributed by atoms with Gasteiger partial charge in [0.25, 0.3) is 11.8 Å². The number of nitrogens with one attached hydrogen (secondary N) is 1. The maximum Gasteiger partial charge on any atom is 0.263 e. The molecule has 2 fully saturated rings. The van der Waals surface area contributed by atoms with E-state index in [4.69, 9.17) is 25.2 Å². The lowest BCUT2D eigenvalue weighted by molar-refractivity contribution is -0.118. The van der Waals surface area contributed by atoms with Gasteiger partial charge in [-0.2, -0.15) is 0 Å². The van der Waals surface area contributed by atoms with Gasteiger partial charge in [-0.15, -0.1) is 0 Å². The molecular weight excluding hydrogens is 591 g/mol. The Morgan fingerprint density at radius 1 is 1.17 bits per heavy atom. The molecule has 6 heterocycles. The first kappa shape index (κ1) is 28.4. The maximum absolute atomic E-state index is 14.3. The lowest BCUT2D eigenvalue weighted by Gasteiger charge is -2.33. The van der Waals surface area contributed by atoms with E-state index in [-0.39, 0.29) is 31.4 Å². The molecule has 5 aromatic rings. The minimum absolute atomic E-state index is 0.0156. The minimum atomic E-state index is -1.15. The Morgan fingerprint density at radius 3 is 2.80 bits per heavy atom. The van der Waals surface area contributed by atoms with Crippen molar-refractivity contribution in [2.75, 3.05) is 32.1 Å². The molecule has 2 amide bonds. The van der Waals surface area contributed by atoms with Gasteiger partial charge < -0.3 is 34.6 Å². The molecule has 2 atom stereocenters. The van der Waals surface area contributed by atoms with Crippen LogP contribution in [0.2, 0.25) is 0 Å². The van der Waals surface area contributed by atoms with Crippen LogP contribution in [0, 0.1) is 5.92 Å². The lowest BCUT2D eigenvalue weighted by Crippen LogP contribution is -2.50. The number of nitrogens with zero attached hydrogens (tertiary/aromatic N) is 6. The van der Waals surface area contributed by atoms with Crippen LogP contribution < -0.4 is 20.5 Å². The summed E-state index contributed by atoms with van der Waals surface area (Å²) in [6.07, 6.45) is 3.08. The molecule has 12 nitrogen and oxygen atoms in total. The third-order valence-electron chi connectivity index (χ3n) is 9.00. The summed E-state index contributed by atoms with van der Waals surface area (Å²) in [4.78, 5) is 41.1. The van der Waals surface area contributed by atoms with E-state index in [1.54, 1.807) is 25.4 Å². The molecule has 1 saturated heterocycles. The molecule has 236 valence electrons. The van der Waals surface area contributed by atoms with Crippen LogP contribution in [-0.4, -0.2) is 79.8 Å². The van der Waals surface area contributed by atoms with E-state index < -0.39 is 12.2 Å². The molecule has 1 aromatic carbocycles. The summed E-state index contributed by atoms with van der Waals surface area (Å²) in [5, 5.41) is 3.69. The number of alkyl halides is 1. The summed E-state index contributed by atoms with van der Waals surface area (Å²) in [6, 6.07) is 11.0. The molecule has 1 saturated carbocycles. The Bertz CT molecular complexity index is 2040. The Balaban J connectivity index is 1.21. The van der Waals surface area contributed by atoms with Crippen molar-refractivity contribution in [2.45, 2.75) is 38.0 Å². The highest BCUT2D eigenvalue weighted by molar-refractivity contribution is 6.00. The van der Waals surface area contributed by atoms with Gasteiger partial charge in [0.2, 0.25) is 0 Å². The zero-order chi connectivity index (χ0) is 31.7. The van der Waals surface area contributed by atoms with Crippen LogP contribution in [-0.2, 0) is 18.4 Å². The number of carbonyl (C=O) groups is 2. The predicted octanol–water partition coefficient (Wildman–Crippen LogP) is 3.91. The molecule has 2 aliphatic heterocycles. The number of aromatic nitrogens is 5. The monoisotopic (exact) mass is 624 g/mol. The number of imidazole rings is 1. The number of halogens is 1. The van der Waals surface area contributed by atoms with Gasteiger partial charge in [0.05, 0.1) is 30.6 Å². The van der Waals surface area contributed by atoms with Crippen LogP contribution >= 0.6 is 0 Å². The molecule has 3 N–H and O–H groups in total. The molecule has 4 aromatic heterocycles. The van der Waals surface area contributed by atoms with E-state index >= 15 is 0 Å². The first-order chi connectivity index (χ1) is 22.2. The summed E-state index contributed by atoms with van der Waals surface area (Å²) >= 11 is 0. The van der Waals surface area contributed by atoms with Gasteiger partial charge in [-0.3, -0.25) is 9.59 Å². The number of hydrogen-bond acceptors (Lipinski definition) is 8. The quantitative estimate of drug-likeness (QED) is 0.290. The average molecular weight is 625 g/mol. The van der Waals surface area contributed by atoms with Gasteiger partial charge in [-0.25, -0.2) is 19.3 Å². The van der Waals surface area contributed by atoms with Crippen molar-refractivity contribution in [1.29, 1.82) is 0 Å². The van der Waals surface area contributed by atoms with Crippen molar-refractivity contribution >= 4 is 39.7 Å². The highest BCUT2D eigenvalue weighted by Gasteiger charge is 2.31. The van der Waals surface area contributed by atoms with E-state index in [1.807, 2.05) is 29.8 Å². The standard InChI is InChI=1S/C33H33FN8O4/c1-40-29-24(7-19(9-26(29)45-2)33(44)41-14-21(34)11-22(35)15-41)38-32(40)25-8-18-5-6-23(37-31(18)42(25)13-17-3-4-17)20-10-27-30(36-12-20)39-28(43)16-46-27/h5-10,12,17,21-22H,3-4,11,13-16,35H2,1-2H3,(H,36,39,43)/t21-,22-/m1/s1. The SMILES string of the molecule is COc1cc(C(=O)N2C[C@H](N)C[C@@H](F)C2)cc2nc(-c3cc4ccc(-c5cnc6c(c5)OCC(=O)N6)nc4n3CC3CC3)n(C)c12. The number of nitrogens with two attached hydrogens (primary N) is 1. The summed E-state index contributed by atoms with van der Waals surface area (Å²) in [7, 11) is 3.50. The number of likely N-dealkylation sites (tertiary alicyclic amines) is 1. The highest BCUT2D eigenvalue weighted by Crippen LogP contribution is 2.39. The molecule has 0 spiro atoms. The van der Waals surface area contributed by atoms with Crippen LogP contribution in [0.25, 0.3) is 44.8 Å². The van der Waals surface area contributed by atoms with E-state index in [0.717, 1.165) is 52.9 Å². The minimum Gasteiger partial charge on any atom is -0.494 e. The number of amides is 2. The highest BCUT2D eigenvalue weighted by atomic mass is 19.1. The molecule has 0 bridgehead atoms. The smallest absolute Gasteiger partial charge is 0.263 e. The third kappa shape index (κ3) is 4.91. The number of methoxy groups -OCH3 is 1. The van der Waals surface area contributed by atoms with Crippen molar-refractivity contribution in [3.8, 4) is 34.3 Å². The Hall–Kier alpha value is -5.04. The second-order valence-corrected chi connectivity index (χ2v) is 12.4. The number of piperidine rings is 1. The van der Waals surface area contributed by atoms with Gasteiger partial charge in [-0.05, 0) is 61.6 Å². The maximum atomic E-state index is 14.3. The third-order valence-corrected chi connectivity index (χ3v) is 9.00. The fourth-order valence-corrected chi connectivity index (χ4v) is 6.56. The first-order valence-electron chi connectivity index (χ1n) is 15.4. The summed E-state index contributed by atoms with van der Waals surface area (Å²) in [5.41, 5.74) is 11.0. The zero-order valence-corrected chi connectivity index (χ0v) is 25.5. The number of aryl methyl sites for hydroxylation is 1. The van der Waals surface area contributed by atoms with Crippen LogP contribution in [0.15, 0.2) is 42.6 Å². The van der Waals surface area contributed by atoms with Crippen LogP contribution in [0.3, 0.4) is 0 Å². The zero-order valence-electron chi connectivity index (χ0n) is 25.5. The van der Waals surface area contributed by atoms with Crippen molar-refractivity contribution in [1.82, 2.24) is 29.0 Å². The average Bonchev–Trinajstić information content (AvgIpc) is 3.72. The van der Waals surface area contributed by atoms with E-state index in [9.17, 15) is 14.0 Å². The first-order valence-corrected chi connectivity index (χ1v) is 15.4. The number of hydrogen-bond donors (Lipinski definition) is 2. The fraction of sp³-hybridized carbons (Fsp3) is 0.364. The van der Waals surface area contributed by atoms with Gasteiger partial charge in [-0.1, -0.05) is 0 Å². The van der Waals surface area contributed by atoms with Crippen molar-refractivity contribution in [2.24, 2.45) is 18.7 Å². The molecule has 1 aliphatic carbocycles. The van der Waals surface area contributed by atoms with Crippen LogP contribution in [0.4, 0.5) is 10.2 Å². The van der Waals surface area contributed by atoms with Crippen LogP contribution in [0.1, 0.15) is 29.6 Å². The van der Waals surface area contributed by atoms with E-state index in [2.05, 4.69) is 20.9 Å². The summed E-state index contributed by atoms with van der Waals surface area (Å²) in [6.45, 7) is 1.05. The second kappa shape index (κ2) is 10.8. The van der Waals surface area contributed by atoms with Crippen molar-refractivity contribution in [3.05, 3.63) is 48.2 Å². The molecule has 13 heteroatoms. The van der Waals surface area contributed by atoms with Crippen LogP contribution in [0.5, 0.6) is 11.5 Å². The van der Waals surface area contributed by atoms with Gasteiger partial charge in [0, 0.05) is 48.9 Å². The summed E-state index contributed by atoms with van der Waals surface area (Å²) in [5.74, 6) is 2.13. The number of carbonyl (C=O) groups excluding carboxylic acids is 2. The fourth-order valence-electron chi connectivity index (χ4n) is 6.56. The number of fused-ring (bicyclic) bond motifs is 3. The molecule has 3 aliphatic rings. The summed E-state index contributed by atoms with van der Waals surface area (Å²) < 4.78 is 29.8. The molecular formula is C33H33FN8O4. The normalized spacial score (nSPS) is 19.7. The Morgan fingerprint density at radius 2 is 2.02 bits per heavy atom. The second-order valence-electron chi connectivity index (χ2n) is 12.4. The van der Waals surface area contributed by atoms with Gasteiger partial charge in [0.1, 0.15) is 23.1 Å². The van der Waals surface area contributed by atoms with Crippen molar-refractivity contribution < 1.29 is 23.5 Å². The molecule has 8 rings (SSSR count). The number of ether oxygens (including phenoxy) is 2. The predicted molar refractivity (Wildman–Crippen MR) is 169 cm³/mol. The molecule has 46 heavy (non-hydrogen) atoms.